The van der Waals surface area contributed by atoms with E-state index in [0.717, 1.165) is 12.3 Å². The number of aromatic nitrogens is 4. The third kappa shape index (κ3) is 3.96. The number of hydrogen-bond acceptors (Lipinski definition) is 7. The summed E-state index contributed by atoms with van der Waals surface area (Å²) < 4.78 is 61.9. The number of benzene rings is 1. The number of hydrogen-bond donors (Lipinski definition) is 1. The molecule has 0 atom stereocenters. The highest BCUT2D eigenvalue weighted by Gasteiger charge is 2.35. The van der Waals surface area contributed by atoms with Gasteiger partial charge in [-0.05, 0) is 37.6 Å². The zero-order valence-corrected chi connectivity index (χ0v) is 20.6. The molecule has 0 saturated carbocycles. The Morgan fingerprint density at radius 2 is 1.87 bits per heavy atom. The molecule has 4 aromatic rings. The molecule has 1 aromatic carbocycles. The lowest BCUT2D eigenvalue weighted by atomic mass is 9.98. The monoisotopic (exact) mass is 540 g/mol. The van der Waals surface area contributed by atoms with Gasteiger partial charge in [-0.25, -0.2) is 14.4 Å². The van der Waals surface area contributed by atoms with Gasteiger partial charge in [-0.1, -0.05) is 0 Å². The van der Waals surface area contributed by atoms with Crippen molar-refractivity contribution in [2.24, 2.45) is 0 Å². The topological polar surface area (TPSA) is 102 Å². The molecule has 2 aliphatic rings. The maximum Gasteiger partial charge on any atom is 0.433 e. The Morgan fingerprint density at radius 3 is 2.62 bits per heavy atom. The van der Waals surface area contributed by atoms with Crippen LogP contribution in [-0.4, -0.2) is 48.6 Å². The van der Waals surface area contributed by atoms with E-state index in [1.807, 2.05) is 0 Å². The van der Waals surface area contributed by atoms with Crippen LogP contribution in [0.25, 0.3) is 16.6 Å². The van der Waals surface area contributed by atoms with Crippen LogP contribution in [0.15, 0.2) is 36.9 Å². The number of carbonyl (C=O) groups excluding carboxylic acids is 2. The van der Waals surface area contributed by atoms with Gasteiger partial charge in [-0.2, -0.15) is 13.2 Å². The maximum atomic E-state index is 14.7. The highest BCUT2D eigenvalue weighted by Crippen LogP contribution is 2.37. The molecule has 200 valence electrons. The predicted molar refractivity (Wildman–Crippen MR) is 130 cm³/mol. The van der Waals surface area contributed by atoms with Gasteiger partial charge in [0.1, 0.15) is 23.6 Å². The largest absolute Gasteiger partial charge is 0.485 e. The van der Waals surface area contributed by atoms with E-state index in [4.69, 9.17) is 4.74 Å². The first-order chi connectivity index (χ1) is 18.5. The quantitative estimate of drug-likeness (QED) is 0.381. The van der Waals surface area contributed by atoms with E-state index in [0.29, 0.717) is 22.4 Å². The summed E-state index contributed by atoms with van der Waals surface area (Å²) in [5.74, 6) is -0.931. The van der Waals surface area contributed by atoms with E-state index in [-0.39, 0.29) is 59.9 Å². The van der Waals surface area contributed by atoms with Gasteiger partial charge in [0, 0.05) is 48.2 Å². The molecule has 0 saturated heterocycles. The molecular weight excluding hydrogens is 520 g/mol. The fourth-order valence-corrected chi connectivity index (χ4v) is 4.92. The number of ether oxygens (including phenoxy) is 1. The molecule has 6 rings (SSSR count). The van der Waals surface area contributed by atoms with E-state index >= 15 is 0 Å². The predicted octanol–water partition coefficient (Wildman–Crippen LogP) is 4.50. The number of nitrogens with zero attached hydrogens (tertiary/aromatic N) is 5. The molecule has 0 unspecified atom stereocenters. The summed E-state index contributed by atoms with van der Waals surface area (Å²) in [7, 11) is 0. The number of alkyl halides is 3. The summed E-state index contributed by atoms with van der Waals surface area (Å²) in [6, 6.07) is 3.21. The van der Waals surface area contributed by atoms with Crippen molar-refractivity contribution in [2.45, 2.75) is 39.2 Å². The second-order valence-electron chi connectivity index (χ2n) is 9.52. The second-order valence-corrected chi connectivity index (χ2v) is 9.52. The van der Waals surface area contributed by atoms with Crippen molar-refractivity contribution < 1.29 is 31.9 Å². The van der Waals surface area contributed by atoms with Crippen LogP contribution in [0.2, 0.25) is 0 Å². The van der Waals surface area contributed by atoms with Gasteiger partial charge in [0.15, 0.2) is 12.3 Å². The Kier molecular flexibility index (Phi) is 5.56. The smallest absolute Gasteiger partial charge is 0.433 e. The van der Waals surface area contributed by atoms with Crippen LogP contribution in [0.1, 0.15) is 51.5 Å². The van der Waals surface area contributed by atoms with Crippen LogP contribution >= 0.6 is 0 Å². The highest BCUT2D eigenvalue weighted by molar-refractivity contribution is 6.05. The molecule has 0 spiro atoms. The minimum Gasteiger partial charge on any atom is -0.485 e. The molecule has 1 N–H and O–H groups in total. The Hall–Kier alpha value is -4.55. The fourth-order valence-electron chi connectivity index (χ4n) is 4.92. The molecule has 39 heavy (non-hydrogen) atoms. The number of carbonyl (C=O) groups is 2. The standard InChI is InChI=1S/C26H20F4N6O3/c1-12(2)35-9-13-5-20(26(28,29)30)31-6-14(13)15-7-32-25(36-11-34-22(23(15)36)24(35)38)33-8-16-17(27)3-4-19-21(16)18(37)10-39-19/h3-7,11-12H,8-10H2,1-2H3,(H,32,33). The van der Waals surface area contributed by atoms with Crippen molar-refractivity contribution >= 4 is 23.2 Å². The van der Waals surface area contributed by atoms with E-state index in [9.17, 15) is 27.2 Å². The molecule has 0 aliphatic carbocycles. The van der Waals surface area contributed by atoms with Crippen LogP contribution in [0.3, 0.4) is 0 Å². The first-order valence-corrected chi connectivity index (χ1v) is 12.0. The van der Waals surface area contributed by atoms with Crippen molar-refractivity contribution in [3.8, 4) is 16.9 Å². The number of amides is 1. The van der Waals surface area contributed by atoms with Gasteiger partial charge in [-0.15, -0.1) is 0 Å². The minimum atomic E-state index is -4.66. The van der Waals surface area contributed by atoms with E-state index in [2.05, 4.69) is 20.3 Å². The average Bonchev–Trinajstić information content (AvgIpc) is 3.49. The maximum absolute atomic E-state index is 14.7. The van der Waals surface area contributed by atoms with Gasteiger partial charge >= 0.3 is 6.18 Å². The molecule has 0 fully saturated rings. The Morgan fingerprint density at radius 1 is 1.10 bits per heavy atom. The van der Waals surface area contributed by atoms with E-state index in [1.54, 1.807) is 13.8 Å². The number of imidazole rings is 1. The van der Waals surface area contributed by atoms with Crippen molar-refractivity contribution in [3.63, 3.8) is 0 Å². The molecule has 0 radical (unpaired) electrons. The van der Waals surface area contributed by atoms with E-state index in [1.165, 1.54) is 34.0 Å². The summed E-state index contributed by atoms with van der Waals surface area (Å²) in [6.45, 7) is 3.14. The number of rotatable bonds is 4. The number of halogens is 4. The SMILES string of the molecule is CC(C)N1Cc2cc(C(F)(F)F)ncc2-c2cnc(NCc3c(F)ccc4c3C(=O)CO4)n3cnc(c23)C1=O. The third-order valence-corrected chi connectivity index (χ3v) is 6.84. The van der Waals surface area contributed by atoms with Crippen LogP contribution in [0.5, 0.6) is 5.75 Å². The number of ketones is 1. The molecule has 13 heteroatoms. The van der Waals surface area contributed by atoms with Crippen LogP contribution in [0.4, 0.5) is 23.5 Å². The molecule has 2 aliphatic heterocycles. The zero-order valence-electron chi connectivity index (χ0n) is 20.6. The summed E-state index contributed by atoms with van der Waals surface area (Å²) in [5.41, 5.74) is 0.596. The van der Waals surface area contributed by atoms with E-state index < -0.39 is 23.6 Å². The molecule has 9 nitrogen and oxygen atoms in total. The average molecular weight is 540 g/mol. The van der Waals surface area contributed by atoms with Gasteiger partial charge in [-0.3, -0.25) is 19.0 Å². The van der Waals surface area contributed by atoms with Crippen molar-refractivity contribution in [1.82, 2.24) is 24.3 Å². The lowest BCUT2D eigenvalue weighted by Gasteiger charge is -2.29. The molecule has 3 aromatic heterocycles. The number of pyridine rings is 1. The minimum absolute atomic E-state index is 0.0790. The van der Waals surface area contributed by atoms with Gasteiger partial charge in [0.05, 0.1) is 11.1 Å². The van der Waals surface area contributed by atoms with Crippen molar-refractivity contribution in [2.75, 3.05) is 11.9 Å². The lowest BCUT2D eigenvalue weighted by molar-refractivity contribution is -0.141. The zero-order chi connectivity index (χ0) is 27.6. The fraction of sp³-hybridized carbons (Fsp3) is 0.269. The van der Waals surface area contributed by atoms with Gasteiger partial charge < -0.3 is 15.0 Å². The first-order valence-electron chi connectivity index (χ1n) is 12.0. The number of fused-ring (bicyclic) bond motifs is 3. The van der Waals surface area contributed by atoms with Crippen LogP contribution < -0.4 is 10.1 Å². The number of anilines is 1. The summed E-state index contributed by atoms with van der Waals surface area (Å²) in [4.78, 5) is 39.6. The number of nitrogens with one attached hydrogen (secondary N) is 1. The second kappa shape index (κ2) is 8.75. The summed E-state index contributed by atoms with van der Waals surface area (Å²) in [5, 5.41) is 3.00. The molecular formula is C26H20F4N6O3. The molecule has 0 bridgehead atoms. The Balaban J connectivity index is 1.48. The Bertz CT molecular complexity index is 1680. The molecule has 1 amide bonds. The molecule has 5 heterocycles. The normalized spacial score (nSPS) is 14.8. The lowest BCUT2D eigenvalue weighted by Crippen LogP contribution is -2.37. The van der Waals surface area contributed by atoms with Crippen LogP contribution in [0, 0.1) is 5.82 Å². The highest BCUT2D eigenvalue weighted by atomic mass is 19.4. The summed E-state index contributed by atoms with van der Waals surface area (Å²) >= 11 is 0. The van der Waals surface area contributed by atoms with Gasteiger partial charge in [0.2, 0.25) is 11.7 Å². The summed E-state index contributed by atoms with van der Waals surface area (Å²) in [6.07, 6.45) is -0.758. The van der Waals surface area contributed by atoms with Gasteiger partial charge in [0.25, 0.3) is 5.91 Å². The Labute approximate surface area is 218 Å². The van der Waals surface area contributed by atoms with Crippen molar-refractivity contribution in [1.29, 1.82) is 0 Å². The first kappa shape index (κ1) is 24.8. The third-order valence-electron chi connectivity index (χ3n) is 6.84. The van der Waals surface area contributed by atoms with Crippen LogP contribution in [-0.2, 0) is 19.3 Å². The van der Waals surface area contributed by atoms with Crippen molar-refractivity contribution in [3.05, 3.63) is 70.8 Å². The number of Topliss-reactive ketones (excluding diaryl/α,β-unsaturated/α-hetero) is 1.